The Morgan fingerprint density at radius 2 is 1.16 bits per heavy atom. The predicted octanol–water partition coefficient (Wildman–Crippen LogP) is 7.30. The number of benzene rings is 3. The van der Waals surface area contributed by atoms with Crippen LogP contribution >= 0.6 is 0 Å². The standard InChI is InChI=1S/C28H33NO2/c1-21-8-14-24(15-9-21)29(25-16-10-22(2)11-17-25)26-18-12-23(13-19-26)7-6-20-31-27(30)28(3,4)5/h8-19H,6-7,20H2,1-5H3. The fourth-order valence-electron chi connectivity index (χ4n) is 3.30. The maximum atomic E-state index is 11.9. The van der Waals surface area contributed by atoms with Gasteiger partial charge in [-0.25, -0.2) is 0 Å². The van der Waals surface area contributed by atoms with Gasteiger partial charge in [-0.15, -0.1) is 0 Å². The third kappa shape index (κ3) is 6.21. The van der Waals surface area contributed by atoms with Gasteiger partial charge >= 0.3 is 5.97 Å². The van der Waals surface area contributed by atoms with Gasteiger partial charge in [0.15, 0.2) is 0 Å². The minimum absolute atomic E-state index is 0.144. The SMILES string of the molecule is Cc1ccc(N(c2ccc(C)cc2)c2ccc(CCCOC(=O)C(C)(C)C)cc2)cc1. The van der Waals surface area contributed by atoms with Crippen LogP contribution in [0.5, 0.6) is 0 Å². The molecule has 0 saturated carbocycles. The van der Waals surface area contributed by atoms with Crippen LogP contribution in [0, 0.1) is 19.3 Å². The Morgan fingerprint density at radius 1 is 0.742 bits per heavy atom. The number of ether oxygens (including phenoxy) is 1. The van der Waals surface area contributed by atoms with Crippen molar-refractivity contribution in [3.63, 3.8) is 0 Å². The van der Waals surface area contributed by atoms with Crippen LogP contribution < -0.4 is 4.90 Å². The zero-order chi connectivity index (χ0) is 22.4. The van der Waals surface area contributed by atoms with E-state index in [0.29, 0.717) is 6.61 Å². The fourth-order valence-corrected chi connectivity index (χ4v) is 3.30. The summed E-state index contributed by atoms with van der Waals surface area (Å²) < 4.78 is 5.38. The number of carbonyl (C=O) groups is 1. The van der Waals surface area contributed by atoms with Crippen molar-refractivity contribution >= 4 is 23.0 Å². The van der Waals surface area contributed by atoms with E-state index in [-0.39, 0.29) is 5.97 Å². The number of hydrogen-bond donors (Lipinski definition) is 0. The maximum absolute atomic E-state index is 11.9. The first-order chi connectivity index (χ1) is 14.7. The monoisotopic (exact) mass is 415 g/mol. The average Bonchev–Trinajstić information content (AvgIpc) is 2.74. The molecule has 3 nitrogen and oxygen atoms in total. The molecular weight excluding hydrogens is 382 g/mol. The molecule has 0 heterocycles. The first-order valence-corrected chi connectivity index (χ1v) is 10.9. The van der Waals surface area contributed by atoms with Crippen LogP contribution in [0.2, 0.25) is 0 Å². The molecule has 0 aromatic heterocycles. The van der Waals surface area contributed by atoms with Crippen LogP contribution in [0.4, 0.5) is 17.1 Å². The molecule has 0 saturated heterocycles. The van der Waals surface area contributed by atoms with Crippen LogP contribution in [0.25, 0.3) is 0 Å². The molecule has 3 heteroatoms. The van der Waals surface area contributed by atoms with Crippen LogP contribution in [-0.2, 0) is 16.0 Å². The lowest BCUT2D eigenvalue weighted by atomic mass is 9.97. The molecule has 0 aliphatic heterocycles. The number of nitrogens with zero attached hydrogens (tertiary/aromatic N) is 1. The molecular formula is C28H33NO2. The average molecular weight is 416 g/mol. The summed E-state index contributed by atoms with van der Waals surface area (Å²) in [5.41, 5.74) is 6.67. The summed E-state index contributed by atoms with van der Waals surface area (Å²) in [4.78, 5) is 14.2. The van der Waals surface area contributed by atoms with Gasteiger partial charge < -0.3 is 9.64 Å². The third-order valence-electron chi connectivity index (χ3n) is 5.23. The van der Waals surface area contributed by atoms with Crippen LogP contribution in [0.3, 0.4) is 0 Å². The third-order valence-corrected chi connectivity index (χ3v) is 5.23. The molecule has 0 atom stereocenters. The molecule has 31 heavy (non-hydrogen) atoms. The zero-order valence-corrected chi connectivity index (χ0v) is 19.3. The van der Waals surface area contributed by atoms with E-state index < -0.39 is 5.41 Å². The van der Waals surface area contributed by atoms with Gasteiger partial charge in [0.25, 0.3) is 0 Å². The Morgan fingerprint density at radius 3 is 1.58 bits per heavy atom. The first-order valence-electron chi connectivity index (χ1n) is 10.9. The molecule has 0 unspecified atom stereocenters. The van der Waals surface area contributed by atoms with Crippen LogP contribution in [0.15, 0.2) is 72.8 Å². The van der Waals surface area contributed by atoms with E-state index in [4.69, 9.17) is 4.74 Å². The minimum atomic E-state index is -0.447. The summed E-state index contributed by atoms with van der Waals surface area (Å²) in [6.45, 7) is 10.3. The van der Waals surface area contributed by atoms with E-state index in [0.717, 1.165) is 29.9 Å². The zero-order valence-electron chi connectivity index (χ0n) is 19.3. The van der Waals surface area contributed by atoms with Crippen molar-refractivity contribution in [1.29, 1.82) is 0 Å². The molecule has 0 amide bonds. The molecule has 0 N–H and O–H groups in total. The van der Waals surface area contributed by atoms with E-state index in [2.05, 4.69) is 91.5 Å². The molecule has 3 aromatic carbocycles. The molecule has 0 spiro atoms. The van der Waals surface area contributed by atoms with Gasteiger partial charge in [-0.2, -0.15) is 0 Å². The van der Waals surface area contributed by atoms with E-state index in [1.807, 2.05) is 20.8 Å². The van der Waals surface area contributed by atoms with Gasteiger partial charge in [-0.3, -0.25) is 4.79 Å². The fraction of sp³-hybridized carbons (Fsp3) is 0.321. The first kappa shape index (κ1) is 22.6. The molecule has 0 radical (unpaired) electrons. The van der Waals surface area contributed by atoms with E-state index in [1.165, 1.54) is 16.7 Å². The van der Waals surface area contributed by atoms with Crippen molar-refractivity contribution in [2.75, 3.05) is 11.5 Å². The van der Waals surface area contributed by atoms with E-state index >= 15 is 0 Å². The van der Waals surface area contributed by atoms with Crippen molar-refractivity contribution in [3.05, 3.63) is 89.5 Å². The van der Waals surface area contributed by atoms with E-state index in [1.54, 1.807) is 0 Å². The van der Waals surface area contributed by atoms with Gasteiger partial charge in [0.2, 0.25) is 0 Å². The summed E-state index contributed by atoms with van der Waals surface area (Å²) in [5.74, 6) is -0.144. The maximum Gasteiger partial charge on any atom is 0.311 e. The van der Waals surface area contributed by atoms with Gasteiger partial charge in [-0.1, -0.05) is 47.5 Å². The minimum Gasteiger partial charge on any atom is -0.465 e. The molecule has 0 aliphatic rings. The number of hydrogen-bond acceptors (Lipinski definition) is 3. The Kier molecular flexibility index (Phi) is 7.17. The highest BCUT2D eigenvalue weighted by molar-refractivity contribution is 5.77. The summed E-state index contributed by atoms with van der Waals surface area (Å²) in [6, 6.07) is 25.9. The highest BCUT2D eigenvalue weighted by atomic mass is 16.5. The Bertz CT molecular complexity index is 936. The quantitative estimate of drug-likeness (QED) is 0.300. The summed E-state index contributed by atoms with van der Waals surface area (Å²) >= 11 is 0. The number of aryl methyl sites for hydroxylation is 3. The predicted molar refractivity (Wildman–Crippen MR) is 129 cm³/mol. The van der Waals surface area contributed by atoms with Gasteiger partial charge in [0.05, 0.1) is 12.0 Å². The Balaban J connectivity index is 1.73. The molecule has 3 aromatic rings. The molecule has 0 fully saturated rings. The van der Waals surface area contributed by atoms with Crippen LogP contribution in [0.1, 0.15) is 43.9 Å². The van der Waals surface area contributed by atoms with Crippen molar-refractivity contribution in [2.24, 2.45) is 5.41 Å². The summed E-state index contributed by atoms with van der Waals surface area (Å²) in [6.07, 6.45) is 1.70. The Hall–Kier alpha value is -3.07. The second kappa shape index (κ2) is 9.82. The number of carbonyl (C=O) groups excluding carboxylic acids is 1. The van der Waals surface area contributed by atoms with Gasteiger partial charge in [0, 0.05) is 17.1 Å². The number of esters is 1. The van der Waals surface area contributed by atoms with Crippen molar-refractivity contribution < 1.29 is 9.53 Å². The van der Waals surface area contributed by atoms with Gasteiger partial charge in [-0.05, 0) is 89.4 Å². The van der Waals surface area contributed by atoms with Crippen molar-refractivity contribution in [2.45, 2.75) is 47.5 Å². The second-order valence-corrected chi connectivity index (χ2v) is 9.16. The lowest BCUT2D eigenvalue weighted by Crippen LogP contribution is -2.23. The molecule has 162 valence electrons. The lowest BCUT2D eigenvalue weighted by Gasteiger charge is -2.26. The normalized spacial score (nSPS) is 11.3. The number of rotatable bonds is 7. The topological polar surface area (TPSA) is 29.5 Å². The Labute approximate surface area is 186 Å². The summed E-state index contributed by atoms with van der Waals surface area (Å²) in [5, 5.41) is 0. The summed E-state index contributed by atoms with van der Waals surface area (Å²) in [7, 11) is 0. The lowest BCUT2D eigenvalue weighted by molar-refractivity contribution is -0.153. The van der Waals surface area contributed by atoms with Crippen LogP contribution in [-0.4, -0.2) is 12.6 Å². The highest BCUT2D eigenvalue weighted by Gasteiger charge is 2.22. The molecule has 0 aliphatic carbocycles. The van der Waals surface area contributed by atoms with Gasteiger partial charge in [0.1, 0.15) is 0 Å². The smallest absolute Gasteiger partial charge is 0.311 e. The molecule has 3 rings (SSSR count). The second-order valence-electron chi connectivity index (χ2n) is 9.16. The number of anilines is 3. The highest BCUT2D eigenvalue weighted by Crippen LogP contribution is 2.34. The van der Waals surface area contributed by atoms with E-state index in [9.17, 15) is 4.79 Å². The van der Waals surface area contributed by atoms with Crippen molar-refractivity contribution in [3.8, 4) is 0 Å². The largest absolute Gasteiger partial charge is 0.465 e. The van der Waals surface area contributed by atoms with Crippen molar-refractivity contribution in [1.82, 2.24) is 0 Å². The molecule has 0 bridgehead atoms.